The van der Waals surface area contributed by atoms with E-state index in [-0.39, 0.29) is 12.2 Å². The van der Waals surface area contributed by atoms with Crippen molar-refractivity contribution in [3.63, 3.8) is 0 Å². The fourth-order valence-corrected chi connectivity index (χ4v) is 5.21. The maximum Gasteiger partial charge on any atom is 0.337 e. The van der Waals surface area contributed by atoms with Gasteiger partial charge in [-0.2, -0.15) is 0 Å². The molecule has 4 aromatic rings. The number of hydrogen-bond donors (Lipinski definition) is 1. The van der Waals surface area contributed by atoms with Crippen LogP contribution in [0, 0.1) is 6.92 Å². The molecule has 0 spiro atoms. The maximum atomic E-state index is 11.1. The number of carboxylic acids is 1. The van der Waals surface area contributed by atoms with E-state index >= 15 is 0 Å². The highest BCUT2D eigenvalue weighted by atomic mass is 32.1. The number of carboxylic acid groups (broad SMARTS) is 1. The zero-order valence-electron chi connectivity index (χ0n) is 22.1. The third-order valence-corrected chi connectivity index (χ3v) is 7.30. The number of nitrogens with zero attached hydrogens (tertiary/aromatic N) is 2. The molecule has 0 bridgehead atoms. The monoisotopic (exact) mass is 530 g/mol. The fourth-order valence-electron chi connectivity index (χ4n) is 4.50. The number of ether oxygens (including phenoxy) is 2. The summed E-state index contributed by atoms with van der Waals surface area (Å²) in [4.78, 5) is 19.7. The van der Waals surface area contributed by atoms with Gasteiger partial charge in [0.1, 0.15) is 29.7 Å². The molecule has 0 radical (unpaired) electrons. The Labute approximate surface area is 228 Å². The van der Waals surface area contributed by atoms with E-state index < -0.39 is 5.97 Å². The Kier molecular flexibility index (Phi) is 9.49. The lowest BCUT2D eigenvalue weighted by atomic mass is 9.90. The second-order valence-corrected chi connectivity index (χ2v) is 10.4. The molecule has 2 aromatic carbocycles. The second-order valence-electron chi connectivity index (χ2n) is 9.41. The molecule has 1 N–H and O–H groups in total. The van der Waals surface area contributed by atoms with Crippen LogP contribution in [-0.2, 0) is 13.2 Å². The first kappa shape index (κ1) is 27.3. The minimum atomic E-state index is -1.04. The Bertz CT molecular complexity index is 1340. The molecule has 0 amide bonds. The summed E-state index contributed by atoms with van der Waals surface area (Å²) in [5.74, 6) is 0.835. The lowest BCUT2D eigenvalue weighted by Gasteiger charge is -2.16. The Morgan fingerprint density at radius 2 is 1.68 bits per heavy atom. The van der Waals surface area contributed by atoms with E-state index in [0.29, 0.717) is 18.3 Å². The normalized spacial score (nSPS) is 11.1. The number of rotatable bonds is 13. The van der Waals surface area contributed by atoms with Crippen molar-refractivity contribution in [3.8, 4) is 22.8 Å². The molecule has 2 aromatic heterocycles. The zero-order valence-corrected chi connectivity index (χ0v) is 23.0. The number of aromatic nitrogens is 2. The molecule has 0 aliphatic carbocycles. The van der Waals surface area contributed by atoms with Gasteiger partial charge in [-0.3, -0.25) is 4.98 Å². The van der Waals surface area contributed by atoms with Gasteiger partial charge >= 0.3 is 5.97 Å². The summed E-state index contributed by atoms with van der Waals surface area (Å²) >= 11 is 1.50. The standard InChI is InChI=1S/C31H34N2O4S/c1-4-6-23(7-5-2)24-10-8-22(9-11-24)18-36-26-12-13-28(21(3)14-26)29-20-38-30(33-29)19-37-27-15-25(31(34)35)16-32-17-27/h8-17,20,23H,4-7,18-19H2,1-3H3,(H,34,35). The summed E-state index contributed by atoms with van der Waals surface area (Å²) in [6, 6.07) is 16.4. The minimum Gasteiger partial charge on any atom is -0.489 e. The molecule has 0 aliphatic heterocycles. The van der Waals surface area contributed by atoms with Crippen LogP contribution in [0.5, 0.6) is 11.5 Å². The highest BCUT2D eigenvalue weighted by molar-refractivity contribution is 7.09. The van der Waals surface area contributed by atoms with Gasteiger partial charge in [0.15, 0.2) is 0 Å². The number of aryl methyl sites for hydroxylation is 1. The van der Waals surface area contributed by atoms with Crippen LogP contribution in [0.2, 0.25) is 0 Å². The van der Waals surface area contributed by atoms with E-state index in [1.54, 1.807) is 0 Å². The SMILES string of the molecule is CCCC(CCC)c1ccc(COc2ccc(-c3csc(COc4cncc(C(=O)O)c4)n3)c(C)c2)cc1. The molecule has 7 heteroatoms. The highest BCUT2D eigenvalue weighted by Crippen LogP contribution is 2.30. The van der Waals surface area contributed by atoms with Crippen LogP contribution in [-0.4, -0.2) is 21.0 Å². The van der Waals surface area contributed by atoms with Crippen molar-refractivity contribution >= 4 is 17.3 Å². The fraction of sp³-hybridized carbons (Fsp3) is 0.323. The van der Waals surface area contributed by atoms with E-state index in [0.717, 1.165) is 33.1 Å². The van der Waals surface area contributed by atoms with E-state index in [9.17, 15) is 4.79 Å². The van der Waals surface area contributed by atoms with Crippen LogP contribution in [0.25, 0.3) is 11.3 Å². The van der Waals surface area contributed by atoms with Crippen LogP contribution >= 0.6 is 11.3 Å². The molecule has 38 heavy (non-hydrogen) atoms. The Hall–Kier alpha value is -3.71. The minimum absolute atomic E-state index is 0.0878. The van der Waals surface area contributed by atoms with E-state index in [1.165, 1.54) is 61.0 Å². The molecule has 4 rings (SSSR count). The van der Waals surface area contributed by atoms with Crippen LogP contribution in [0.15, 0.2) is 66.3 Å². The summed E-state index contributed by atoms with van der Waals surface area (Å²) in [7, 11) is 0. The number of carbonyl (C=O) groups is 1. The quantitative estimate of drug-likeness (QED) is 0.188. The van der Waals surface area contributed by atoms with Gasteiger partial charge in [-0.25, -0.2) is 9.78 Å². The van der Waals surface area contributed by atoms with Gasteiger partial charge in [0.2, 0.25) is 0 Å². The van der Waals surface area contributed by atoms with Crippen LogP contribution in [0.1, 0.15) is 77.5 Å². The first-order chi connectivity index (χ1) is 18.5. The number of thiazole rings is 1. The molecule has 0 saturated carbocycles. The first-order valence-corrected chi connectivity index (χ1v) is 13.9. The van der Waals surface area contributed by atoms with Crippen molar-refractivity contribution in [3.05, 3.63) is 93.6 Å². The van der Waals surface area contributed by atoms with Crippen molar-refractivity contribution in [1.29, 1.82) is 0 Å². The van der Waals surface area contributed by atoms with Gasteiger partial charge in [0.05, 0.1) is 17.5 Å². The average Bonchev–Trinajstić information content (AvgIpc) is 3.40. The van der Waals surface area contributed by atoms with Gasteiger partial charge in [0.25, 0.3) is 0 Å². The summed E-state index contributed by atoms with van der Waals surface area (Å²) < 4.78 is 11.8. The lowest BCUT2D eigenvalue weighted by Crippen LogP contribution is -2.00. The second kappa shape index (κ2) is 13.2. The van der Waals surface area contributed by atoms with E-state index in [2.05, 4.69) is 50.0 Å². The van der Waals surface area contributed by atoms with E-state index in [4.69, 9.17) is 19.6 Å². The van der Waals surface area contributed by atoms with Crippen molar-refractivity contribution in [2.24, 2.45) is 0 Å². The number of hydrogen-bond acceptors (Lipinski definition) is 6. The zero-order chi connectivity index (χ0) is 26.9. The van der Waals surface area contributed by atoms with Crippen LogP contribution < -0.4 is 9.47 Å². The topological polar surface area (TPSA) is 81.5 Å². The first-order valence-electron chi connectivity index (χ1n) is 13.0. The maximum absolute atomic E-state index is 11.1. The molecular formula is C31H34N2O4S. The number of benzene rings is 2. The molecule has 0 aliphatic rings. The molecule has 6 nitrogen and oxygen atoms in total. The molecule has 0 saturated heterocycles. The summed E-state index contributed by atoms with van der Waals surface area (Å²) in [6.07, 6.45) is 7.68. The smallest absolute Gasteiger partial charge is 0.337 e. The largest absolute Gasteiger partial charge is 0.489 e. The third kappa shape index (κ3) is 7.19. The molecule has 0 unspecified atom stereocenters. The Morgan fingerprint density at radius 1 is 0.947 bits per heavy atom. The van der Waals surface area contributed by atoms with E-state index in [1.807, 2.05) is 23.6 Å². The van der Waals surface area contributed by atoms with Gasteiger partial charge in [-0.1, -0.05) is 51.0 Å². The predicted octanol–water partition coefficient (Wildman–Crippen LogP) is 8.05. The third-order valence-electron chi connectivity index (χ3n) is 6.48. The summed E-state index contributed by atoms with van der Waals surface area (Å²) in [5, 5.41) is 11.9. The van der Waals surface area contributed by atoms with Gasteiger partial charge in [0, 0.05) is 17.1 Å². The average molecular weight is 531 g/mol. The summed E-state index contributed by atoms with van der Waals surface area (Å²) in [6.45, 7) is 7.33. The Morgan fingerprint density at radius 3 is 2.37 bits per heavy atom. The molecular weight excluding hydrogens is 496 g/mol. The van der Waals surface area contributed by atoms with Crippen molar-refractivity contribution in [2.45, 2.75) is 65.6 Å². The van der Waals surface area contributed by atoms with Gasteiger partial charge in [-0.15, -0.1) is 11.3 Å². The van der Waals surface area contributed by atoms with Crippen molar-refractivity contribution in [2.75, 3.05) is 0 Å². The molecule has 198 valence electrons. The Balaban J connectivity index is 1.34. The molecule has 0 atom stereocenters. The summed E-state index contributed by atoms with van der Waals surface area (Å²) in [5.41, 5.74) is 5.67. The molecule has 2 heterocycles. The number of aromatic carboxylic acids is 1. The number of pyridine rings is 1. The van der Waals surface area contributed by atoms with Gasteiger partial charge < -0.3 is 14.6 Å². The van der Waals surface area contributed by atoms with Crippen LogP contribution in [0.3, 0.4) is 0 Å². The van der Waals surface area contributed by atoms with Crippen LogP contribution in [0.4, 0.5) is 0 Å². The van der Waals surface area contributed by atoms with Crippen molar-refractivity contribution in [1.82, 2.24) is 9.97 Å². The lowest BCUT2D eigenvalue weighted by molar-refractivity contribution is 0.0695. The highest BCUT2D eigenvalue weighted by Gasteiger charge is 2.12. The predicted molar refractivity (Wildman–Crippen MR) is 151 cm³/mol. The van der Waals surface area contributed by atoms with Crippen molar-refractivity contribution < 1.29 is 19.4 Å². The molecule has 0 fully saturated rings. The van der Waals surface area contributed by atoms with Gasteiger partial charge in [-0.05, 0) is 66.6 Å².